The van der Waals surface area contributed by atoms with Gasteiger partial charge in [0.25, 0.3) is 0 Å². The van der Waals surface area contributed by atoms with Gasteiger partial charge >= 0.3 is 0 Å². The highest BCUT2D eigenvalue weighted by Crippen LogP contribution is 2.10. The SMILES string of the molecule is CCCCNCC(C)n1cc(Br)cn1. The average Bonchev–Trinajstić information content (AvgIpc) is 2.59. The number of rotatable bonds is 6. The average molecular weight is 260 g/mol. The van der Waals surface area contributed by atoms with Crippen LogP contribution in [0.1, 0.15) is 32.7 Å². The third kappa shape index (κ3) is 3.80. The van der Waals surface area contributed by atoms with E-state index < -0.39 is 0 Å². The smallest absolute Gasteiger partial charge is 0.0632 e. The summed E-state index contributed by atoms with van der Waals surface area (Å²) in [6.07, 6.45) is 6.32. The van der Waals surface area contributed by atoms with Crippen LogP contribution in [-0.2, 0) is 0 Å². The molecule has 0 radical (unpaired) electrons. The van der Waals surface area contributed by atoms with E-state index in [1.165, 1.54) is 12.8 Å². The molecule has 1 aromatic heterocycles. The lowest BCUT2D eigenvalue weighted by Crippen LogP contribution is -2.24. The van der Waals surface area contributed by atoms with Crippen LogP contribution in [0.15, 0.2) is 16.9 Å². The highest BCUT2D eigenvalue weighted by Gasteiger charge is 2.04. The van der Waals surface area contributed by atoms with Crippen LogP contribution in [-0.4, -0.2) is 22.9 Å². The Morgan fingerprint density at radius 1 is 1.64 bits per heavy atom. The van der Waals surface area contributed by atoms with Gasteiger partial charge < -0.3 is 5.32 Å². The van der Waals surface area contributed by atoms with Gasteiger partial charge in [-0.2, -0.15) is 5.10 Å². The molecule has 0 bridgehead atoms. The molecule has 3 nitrogen and oxygen atoms in total. The third-order valence-corrected chi connectivity index (χ3v) is 2.58. The molecule has 0 aliphatic carbocycles. The summed E-state index contributed by atoms with van der Waals surface area (Å²) < 4.78 is 3.01. The van der Waals surface area contributed by atoms with Crippen LogP contribution in [0.5, 0.6) is 0 Å². The molecular weight excluding hydrogens is 242 g/mol. The van der Waals surface area contributed by atoms with E-state index in [9.17, 15) is 0 Å². The van der Waals surface area contributed by atoms with Crippen molar-refractivity contribution in [1.29, 1.82) is 0 Å². The lowest BCUT2D eigenvalue weighted by atomic mass is 10.3. The molecule has 0 aliphatic heterocycles. The van der Waals surface area contributed by atoms with E-state index in [1.54, 1.807) is 0 Å². The van der Waals surface area contributed by atoms with Gasteiger partial charge in [0.2, 0.25) is 0 Å². The van der Waals surface area contributed by atoms with Crippen molar-refractivity contribution in [3.63, 3.8) is 0 Å². The van der Waals surface area contributed by atoms with Gasteiger partial charge in [0.1, 0.15) is 0 Å². The first-order valence-electron chi connectivity index (χ1n) is 5.14. The second-order valence-electron chi connectivity index (χ2n) is 3.55. The summed E-state index contributed by atoms with van der Waals surface area (Å²) in [7, 11) is 0. The first-order chi connectivity index (χ1) is 6.74. The molecule has 1 rings (SSSR count). The minimum atomic E-state index is 0.415. The monoisotopic (exact) mass is 259 g/mol. The molecule has 1 N–H and O–H groups in total. The Hall–Kier alpha value is -0.350. The van der Waals surface area contributed by atoms with Gasteiger partial charge in [-0.05, 0) is 35.8 Å². The van der Waals surface area contributed by atoms with Gasteiger partial charge in [-0.3, -0.25) is 4.68 Å². The maximum atomic E-state index is 4.24. The Balaban J connectivity index is 2.25. The topological polar surface area (TPSA) is 29.9 Å². The van der Waals surface area contributed by atoms with E-state index in [0.29, 0.717) is 6.04 Å². The molecule has 0 saturated carbocycles. The van der Waals surface area contributed by atoms with Crippen molar-refractivity contribution in [2.24, 2.45) is 0 Å². The van der Waals surface area contributed by atoms with E-state index in [-0.39, 0.29) is 0 Å². The number of aromatic nitrogens is 2. The third-order valence-electron chi connectivity index (χ3n) is 2.17. The highest BCUT2D eigenvalue weighted by molar-refractivity contribution is 9.10. The van der Waals surface area contributed by atoms with Crippen molar-refractivity contribution in [3.8, 4) is 0 Å². The summed E-state index contributed by atoms with van der Waals surface area (Å²) in [5, 5.41) is 7.66. The Kier molecular flexibility index (Phi) is 5.19. The summed E-state index contributed by atoms with van der Waals surface area (Å²) in [5.74, 6) is 0. The van der Waals surface area contributed by atoms with Crippen LogP contribution in [0.3, 0.4) is 0 Å². The van der Waals surface area contributed by atoms with Crippen LogP contribution in [0.2, 0.25) is 0 Å². The van der Waals surface area contributed by atoms with Crippen LogP contribution >= 0.6 is 15.9 Å². The summed E-state index contributed by atoms with van der Waals surface area (Å²) in [6.45, 7) is 6.45. The van der Waals surface area contributed by atoms with Gasteiger partial charge in [-0.1, -0.05) is 13.3 Å². The van der Waals surface area contributed by atoms with E-state index in [2.05, 4.69) is 40.2 Å². The van der Waals surface area contributed by atoms with Gasteiger partial charge in [0, 0.05) is 12.7 Å². The minimum Gasteiger partial charge on any atom is -0.315 e. The van der Waals surface area contributed by atoms with E-state index in [0.717, 1.165) is 17.6 Å². The minimum absolute atomic E-state index is 0.415. The Labute approximate surface area is 94.0 Å². The zero-order valence-electron chi connectivity index (χ0n) is 8.83. The van der Waals surface area contributed by atoms with Gasteiger partial charge in [0.05, 0.1) is 16.7 Å². The molecule has 0 aliphatic rings. The lowest BCUT2D eigenvalue weighted by molar-refractivity contribution is 0.451. The molecule has 0 aromatic carbocycles. The van der Waals surface area contributed by atoms with Crippen molar-refractivity contribution in [2.75, 3.05) is 13.1 Å². The highest BCUT2D eigenvalue weighted by atomic mass is 79.9. The zero-order chi connectivity index (χ0) is 10.4. The predicted molar refractivity (Wildman–Crippen MR) is 62.4 cm³/mol. The largest absolute Gasteiger partial charge is 0.315 e. The number of hydrogen-bond acceptors (Lipinski definition) is 2. The fourth-order valence-electron chi connectivity index (χ4n) is 1.26. The number of nitrogens with one attached hydrogen (secondary N) is 1. The summed E-state index contributed by atoms with van der Waals surface area (Å²) in [6, 6.07) is 0.415. The summed E-state index contributed by atoms with van der Waals surface area (Å²) in [4.78, 5) is 0. The van der Waals surface area contributed by atoms with Crippen molar-refractivity contribution in [1.82, 2.24) is 15.1 Å². The number of hydrogen-bond donors (Lipinski definition) is 1. The molecule has 1 heterocycles. The molecule has 1 atom stereocenters. The van der Waals surface area contributed by atoms with Gasteiger partial charge in [0.15, 0.2) is 0 Å². The second kappa shape index (κ2) is 6.19. The molecule has 1 aromatic rings. The molecule has 14 heavy (non-hydrogen) atoms. The maximum Gasteiger partial charge on any atom is 0.0632 e. The summed E-state index contributed by atoms with van der Waals surface area (Å²) >= 11 is 3.39. The fraction of sp³-hybridized carbons (Fsp3) is 0.700. The first-order valence-corrected chi connectivity index (χ1v) is 5.93. The van der Waals surface area contributed by atoms with Crippen molar-refractivity contribution < 1.29 is 0 Å². The predicted octanol–water partition coefficient (Wildman–Crippen LogP) is 2.60. The molecule has 4 heteroatoms. The molecule has 80 valence electrons. The number of nitrogens with zero attached hydrogens (tertiary/aromatic N) is 2. The van der Waals surface area contributed by atoms with Crippen LogP contribution in [0, 0.1) is 0 Å². The van der Waals surface area contributed by atoms with Crippen LogP contribution in [0.25, 0.3) is 0 Å². The number of halogens is 1. The van der Waals surface area contributed by atoms with Gasteiger partial charge in [-0.25, -0.2) is 0 Å². The van der Waals surface area contributed by atoms with Crippen molar-refractivity contribution >= 4 is 15.9 Å². The molecular formula is C10H18BrN3. The van der Waals surface area contributed by atoms with Gasteiger partial charge in [-0.15, -0.1) is 0 Å². The Morgan fingerprint density at radius 2 is 2.43 bits per heavy atom. The maximum absolute atomic E-state index is 4.24. The Morgan fingerprint density at radius 3 is 3.00 bits per heavy atom. The first kappa shape index (κ1) is 11.7. The molecule has 0 spiro atoms. The number of unbranched alkanes of at least 4 members (excludes halogenated alkanes) is 1. The second-order valence-corrected chi connectivity index (χ2v) is 4.46. The molecule has 1 unspecified atom stereocenters. The van der Waals surface area contributed by atoms with Crippen molar-refractivity contribution in [2.45, 2.75) is 32.7 Å². The van der Waals surface area contributed by atoms with E-state index >= 15 is 0 Å². The van der Waals surface area contributed by atoms with Crippen LogP contribution < -0.4 is 5.32 Å². The summed E-state index contributed by atoms with van der Waals surface area (Å²) in [5.41, 5.74) is 0. The standard InChI is InChI=1S/C10H18BrN3/c1-3-4-5-12-6-9(2)14-8-10(11)7-13-14/h7-9,12H,3-6H2,1-2H3. The van der Waals surface area contributed by atoms with Crippen LogP contribution in [0.4, 0.5) is 0 Å². The normalized spacial score (nSPS) is 13.1. The zero-order valence-corrected chi connectivity index (χ0v) is 10.4. The quantitative estimate of drug-likeness (QED) is 0.797. The Bertz CT molecular complexity index is 260. The molecule has 0 saturated heterocycles. The lowest BCUT2D eigenvalue weighted by Gasteiger charge is -2.12. The van der Waals surface area contributed by atoms with E-state index in [1.807, 2.05) is 17.1 Å². The van der Waals surface area contributed by atoms with Crippen molar-refractivity contribution in [3.05, 3.63) is 16.9 Å². The molecule has 0 fully saturated rings. The molecule has 0 amide bonds. The fourth-order valence-corrected chi connectivity index (χ4v) is 1.56. The van der Waals surface area contributed by atoms with E-state index in [4.69, 9.17) is 0 Å².